The van der Waals surface area contributed by atoms with Crippen LogP contribution in [0.15, 0.2) is 33.6 Å². The fraction of sp³-hybridized carbons (Fsp3) is 0.267. The first kappa shape index (κ1) is 14.5. The van der Waals surface area contributed by atoms with Crippen molar-refractivity contribution in [3.05, 3.63) is 46.9 Å². The third-order valence-electron chi connectivity index (χ3n) is 2.91. The van der Waals surface area contributed by atoms with E-state index in [0.717, 1.165) is 21.9 Å². The molecule has 5 heteroatoms. The van der Waals surface area contributed by atoms with Crippen LogP contribution in [-0.2, 0) is 10.5 Å². The van der Waals surface area contributed by atoms with Crippen molar-refractivity contribution >= 4 is 23.4 Å². The maximum atomic E-state index is 11.5. The molecule has 0 saturated heterocycles. The van der Waals surface area contributed by atoms with Crippen LogP contribution in [-0.4, -0.2) is 13.1 Å². The van der Waals surface area contributed by atoms with E-state index < -0.39 is 0 Å². The fourth-order valence-corrected chi connectivity index (χ4v) is 2.71. The number of carbonyl (C=O) groups excluding carboxylic acids is 1. The highest BCUT2D eigenvalue weighted by Crippen LogP contribution is 2.30. The van der Waals surface area contributed by atoms with Gasteiger partial charge in [-0.25, -0.2) is 4.79 Å². The first-order chi connectivity index (χ1) is 9.51. The van der Waals surface area contributed by atoms with Gasteiger partial charge in [0.05, 0.1) is 12.9 Å². The maximum absolute atomic E-state index is 11.5. The summed E-state index contributed by atoms with van der Waals surface area (Å²) in [7, 11) is 1.36. The zero-order chi connectivity index (χ0) is 14.7. The average molecular weight is 291 g/mol. The van der Waals surface area contributed by atoms with Gasteiger partial charge in [-0.2, -0.15) is 0 Å². The highest BCUT2D eigenvalue weighted by Gasteiger charge is 2.15. The molecule has 0 spiro atoms. The van der Waals surface area contributed by atoms with E-state index in [1.54, 1.807) is 24.8 Å². The zero-order valence-corrected chi connectivity index (χ0v) is 12.5. The van der Waals surface area contributed by atoms with Gasteiger partial charge in [-0.15, -0.1) is 11.8 Å². The summed E-state index contributed by atoms with van der Waals surface area (Å²) in [4.78, 5) is 12.5. The van der Waals surface area contributed by atoms with E-state index in [-0.39, 0.29) is 5.97 Å². The predicted molar refractivity (Wildman–Crippen MR) is 79.9 cm³/mol. The minimum atomic E-state index is -0.377. The predicted octanol–water partition coefficient (Wildman–Crippen LogP) is 3.56. The van der Waals surface area contributed by atoms with Gasteiger partial charge in [0.25, 0.3) is 0 Å². The number of nitrogen functional groups attached to an aromatic ring is 1. The molecule has 0 amide bonds. The SMILES string of the molecule is COC(=O)c1cc(CSc2ccc(C)cc2N)oc1C. The Morgan fingerprint density at radius 3 is 2.75 bits per heavy atom. The molecule has 0 unspecified atom stereocenters. The molecule has 1 aromatic carbocycles. The van der Waals surface area contributed by atoms with Crippen LogP contribution in [0.1, 0.15) is 27.4 Å². The van der Waals surface area contributed by atoms with Crippen LogP contribution in [0.5, 0.6) is 0 Å². The number of rotatable bonds is 4. The highest BCUT2D eigenvalue weighted by atomic mass is 32.2. The second kappa shape index (κ2) is 6.05. The lowest BCUT2D eigenvalue weighted by atomic mass is 10.2. The number of benzene rings is 1. The third-order valence-corrected chi connectivity index (χ3v) is 4.02. The Kier molecular flexibility index (Phi) is 4.39. The smallest absolute Gasteiger partial charge is 0.341 e. The van der Waals surface area contributed by atoms with Gasteiger partial charge in [-0.3, -0.25) is 0 Å². The van der Waals surface area contributed by atoms with E-state index in [9.17, 15) is 4.79 Å². The lowest BCUT2D eigenvalue weighted by Crippen LogP contribution is -2.00. The molecule has 2 aromatic rings. The molecule has 0 bridgehead atoms. The van der Waals surface area contributed by atoms with Crippen LogP contribution in [0.25, 0.3) is 0 Å². The third kappa shape index (κ3) is 3.17. The number of hydrogen-bond donors (Lipinski definition) is 1. The van der Waals surface area contributed by atoms with Crippen molar-refractivity contribution in [1.82, 2.24) is 0 Å². The zero-order valence-electron chi connectivity index (χ0n) is 11.7. The first-order valence-corrected chi connectivity index (χ1v) is 7.16. The van der Waals surface area contributed by atoms with Crippen molar-refractivity contribution in [2.24, 2.45) is 0 Å². The summed E-state index contributed by atoms with van der Waals surface area (Å²) < 4.78 is 10.3. The van der Waals surface area contributed by atoms with Crippen molar-refractivity contribution in [3.8, 4) is 0 Å². The Hall–Kier alpha value is -1.88. The summed E-state index contributed by atoms with van der Waals surface area (Å²) >= 11 is 1.58. The second-order valence-corrected chi connectivity index (χ2v) is 5.52. The fourth-order valence-electron chi connectivity index (χ4n) is 1.88. The number of furan rings is 1. The second-order valence-electron chi connectivity index (χ2n) is 4.50. The maximum Gasteiger partial charge on any atom is 0.341 e. The number of ether oxygens (including phenoxy) is 1. The van der Waals surface area contributed by atoms with Crippen LogP contribution in [0.2, 0.25) is 0 Å². The number of anilines is 1. The Labute approximate surface area is 122 Å². The van der Waals surface area contributed by atoms with E-state index in [0.29, 0.717) is 17.1 Å². The van der Waals surface area contributed by atoms with Crippen LogP contribution in [0.4, 0.5) is 5.69 Å². The molecule has 0 saturated carbocycles. The van der Waals surface area contributed by atoms with Gasteiger partial charge < -0.3 is 14.9 Å². The Morgan fingerprint density at radius 2 is 2.10 bits per heavy atom. The molecule has 0 fully saturated rings. The highest BCUT2D eigenvalue weighted by molar-refractivity contribution is 7.98. The summed E-state index contributed by atoms with van der Waals surface area (Å²) in [5.74, 6) is 1.54. The van der Waals surface area contributed by atoms with Crippen molar-refractivity contribution in [2.45, 2.75) is 24.5 Å². The first-order valence-electron chi connectivity index (χ1n) is 6.18. The molecule has 2 N–H and O–H groups in total. The molecule has 0 atom stereocenters. The number of esters is 1. The minimum absolute atomic E-state index is 0.377. The van der Waals surface area contributed by atoms with Crippen LogP contribution >= 0.6 is 11.8 Å². The molecule has 1 heterocycles. The Balaban J connectivity index is 2.09. The number of methoxy groups -OCH3 is 1. The summed E-state index contributed by atoms with van der Waals surface area (Å²) in [6.45, 7) is 3.75. The van der Waals surface area contributed by atoms with Crippen molar-refractivity contribution in [1.29, 1.82) is 0 Å². The average Bonchev–Trinajstić information content (AvgIpc) is 2.78. The lowest BCUT2D eigenvalue weighted by Gasteiger charge is -2.04. The summed E-state index contributed by atoms with van der Waals surface area (Å²) in [6, 6.07) is 7.67. The van der Waals surface area contributed by atoms with Crippen molar-refractivity contribution in [2.75, 3.05) is 12.8 Å². The number of carbonyl (C=O) groups is 1. The Bertz CT molecular complexity index is 634. The van der Waals surface area contributed by atoms with Gasteiger partial charge in [0, 0.05) is 10.6 Å². The monoisotopic (exact) mass is 291 g/mol. The van der Waals surface area contributed by atoms with Gasteiger partial charge >= 0.3 is 5.97 Å². The van der Waals surface area contributed by atoms with Gasteiger partial charge in [-0.05, 0) is 37.6 Å². The Morgan fingerprint density at radius 1 is 1.35 bits per heavy atom. The quantitative estimate of drug-likeness (QED) is 0.530. The standard InChI is InChI=1S/C15H17NO3S/c1-9-4-5-14(13(16)6-9)20-8-11-7-12(10(2)19-11)15(17)18-3/h4-7H,8,16H2,1-3H3. The topological polar surface area (TPSA) is 65.5 Å². The summed E-state index contributed by atoms with van der Waals surface area (Å²) in [6.07, 6.45) is 0. The normalized spacial score (nSPS) is 10.6. The summed E-state index contributed by atoms with van der Waals surface area (Å²) in [5.41, 5.74) is 8.33. The number of aryl methyl sites for hydroxylation is 2. The number of nitrogens with two attached hydrogens (primary N) is 1. The number of thioether (sulfide) groups is 1. The summed E-state index contributed by atoms with van der Waals surface area (Å²) in [5, 5.41) is 0. The molecular weight excluding hydrogens is 274 g/mol. The lowest BCUT2D eigenvalue weighted by molar-refractivity contribution is 0.0599. The van der Waals surface area contributed by atoms with Crippen LogP contribution < -0.4 is 5.73 Å². The van der Waals surface area contributed by atoms with E-state index in [4.69, 9.17) is 14.9 Å². The molecular formula is C15H17NO3S. The largest absolute Gasteiger partial charge is 0.465 e. The van der Waals surface area contributed by atoms with Crippen LogP contribution in [0, 0.1) is 13.8 Å². The van der Waals surface area contributed by atoms with Crippen molar-refractivity contribution in [3.63, 3.8) is 0 Å². The minimum Gasteiger partial charge on any atom is -0.465 e. The molecule has 20 heavy (non-hydrogen) atoms. The van der Waals surface area contributed by atoms with E-state index in [2.05, 4.69) is 0 Å². The molecule has 106 valence electrons. The molecule has 0 radical (unpaired) electrons. The molecule has 4 nitrogen and oxygen atoms in total. The van der Waals surface area contributed by atoms with Gasteiger partial charge in [0.1, 0.15) is 17.1 Å². The van der Waals surface area contributed by atoms with Crippen LogP contribution in [0.3, 0.4) is 0 Å². The van der Waals surface area contributed by atoms with E-state index in [1.165, 1.54) is 7.11 Å². The molecule has 2 rings (SSSR count). The number of hydrogen-bond acceptors (Lipinski definition) is 5. The van der Waals surface area contributed by atoms with Gasteiger partial charge in [0.15, 0.2) is 0 Å². The molecule has 0 aliphatic heterocycles. The molecule has 0 aliphatic rings. The molecule has 0 aliphatic carbocycles. The van der Waals surface area contributed by atoms with Crippen molar-refractivity contribution < 1.29 is 13.9 Å². The molecule has 1 aromatic heterocycles. The van der Waals surface area contributed by atoms with E-state index >= 15 is 0 Å². The van der Waals surface area contributed by atoms with E-state index in [1.807, 2.05) is 25.1 Å². The van der Waals surface area contributed by atoms with Gasteiger partial charge in [-0.1, -0.05) is 6.07 Å². The van der Waals surface area contributed by atoms with Gasteiger partial charge in [0.2, 0.25) is 0 Å².